The molecule has 0 unspecified atom stereocenters. The van der Waals surface area contributed by atoms with Crippen LogP contribution in [0.25, 0.3) is 0 Å². The Hall–Kier alpha value is -3.13. The van der Waals surface area contributed by atoms with Crippen molar-refractivity contribution in [3.8, 4) is 5.75 Å². The standard InChI is InChI=1S/C17H15ClN2O6/c1-26-14-6-7-15(20(24)25)12(8-14)9-19(10-16(21)22)17(23)11-2-4-13(18)5-3-11/h2-8H,9-10H2,1H3,(H,21,22)/p-1. The second-order valence-corrected chi connectivity index (χ2v) is 5.73. The molecule has 0 aliphatic rings. The molecule has 0 aliphatic heterocycles. The predicted octanol–water partition coefficient (Wildman–Crippen LogP) is 1.65. The van der Waals surface area contributed by atoms with Crippen LogP contribution in [0.1, 0.15) is 15.9 Å². The average Bonchev–Trinajstić information content (AvgIpc) is 2.60. The van der Waals surface area contributed by atoms with Crippen molar-refractivity contribution in [3.05, 3.63) is 68.7 Å². The first-order valence-corrected chi connectivity index (χ1v) is 7.75. The largest absolute Gasteiger partial charge is 0.548 e. The van der Waals surface area contributed by atoms with E-state index < -0.39 is 23.3 Å². The number of nitrogens with zero attached hydrogens (tertiary/aromatic N) is 2. The van der Waals surface area contributed by atoms with Crippen molar-refractivity contribution in [2.24, 2.45) is 0 Å². The molecule has 0 fully saturated rings. The van der Waals surface area contributed by atoms with Crippen LogP contribution in [0.3, 0.4) is 0 Å². The highest BCUT2D eigenvalue weighted by atomic mass is 35.5. The summed E-state index contributed by atoms with van der Waals surface area (Å²) in [5.74, 6) is -1.77. The van der Waals surface area contributed by atoms with E-state index in [1.807, 2.05) is 0 Å². The molecule has 0 radical (unpaired) electrons. The number of nitro groups is 1. The molecule has 0 atom stereocenters. The molecule has 2 aromatic carbocycles. The van der Waals surface area contributed by atoms with Crippen LogP contribution in [0.15, 0.2) is 42.5 Å². The summed E-state index contributed by atoms with van der Waals surface area (Å²) in [6, 6.07) is 9.87. The summed E-state index contributed by atoms with van der Waals surface area (Å²) in [5, 5.41) is 22.7. The number of hydrogen-bond acceptors (Lipinski definition) is 6. The Bertz CT molecular complexity index is 838. The Labute approximate surface area is 153 Å². The minimum atomic E-state index is -1.49. The number of methoxy groups -OCH3 is 1. The van der Waals surface area contributed by atoms with E-state index in [4.69, 9.17) is 16.3 Å². The van der Waals surface area contributed by atoms with E-state index >= 15 is 0 Å². The van der Waals surface area contributed by atoms with Crippen LogP contribution in [0, 0.1) is 10.1 Å². The second kappa shape index (κ2) is 8.30. The summed E-state index contributed by atoms with van der Waals surface area (Å²) >= 11 is 5.78. The number of aliphatic carboxylic acids is 1. The highest BCUT2D eigenvalue weighted by molar-refractivity contribution is 6.30. The Balaban J connectivity index is 2.39. The van der Waals surface area contributed by atoms with E-state index in [-0.39, 0.29) is 23.4 Å². The van der Waals surface area contributed by atoms with E-state index in [1.165, 1.54) is 49.6 Å². The molecule has 2 aromatic rings. The van der Waals surface area contributed by atoms with Gasteiger partial charge in [0.2, 0.25) is 0 Å². The minimum Gasteiger partial charge on any atom is -0.548 e. The van der Waals surface area contributed by atoms with Crippen LogP contribution in [0.4, 0.5) is 5.69 Å². The number of carbonyl (C=O) groups excluding carboxylic acids is 2. The molecule has 0 saturated heterocycles. The van der Waals surface area contributed by atoms with Gasteiger partial charge >= 0.3 is 0 Å². The van der Waals surface area contributed by atoms with Gasteiger partial charge in [-0.25, -0.2) is 0 Å². The van der Waals surface area contributed by atoms with Crippen LogP contribution >= 0.6 is 11.6 Å². The number of nitro benzene ring substituents is 1. The number of halogens is 1. The molecular formula is C17H14ClN2O6-. The lowest BCUT2D eigenvalue weighted by atomic mass is 10.1. The van der Waals surface area contributed by atoms with Crippen LogP contribution in [-0.2, 0) is 11.3 Å². The molecule has 0 saturated carbocycles. The molecule has 1 amide bonds. The van der Waals surface area contributed by atoms with Gasteiger partial charge in [-0.05, 0) is 36.4 Å². The van der Waals surface area contributed by atoms with Crippen molar-refractivity contribution in [3.63, 3.8) is 0 Å². The van der Waals surface area contributed by atoms with Gasteiger partial charge in [-0.3, -0.25) is 14.9 Å². The molecule has 8 nitrogen and oxygen atoms in total. The lowest BCUT2D eigenvalue weighted by Crippen LogP contribution is -2.41. The van der Waals surface area contributed by atoms with E-state index in [1.54, 1.807) is 0 Å². The van der Waals surface area contributed by atoms with Crippen molar-refractivity contribution in [1.29, 1.82) is 0 Å². The average molecular weight is 378 g/mol. The van der Waals surface area contributed by atoms with E-state index in [9.17, 15) is 24.8 Å². The Morgan fingerprint density at radius 3 is 2.38 bits per heavy atom. The number of rotatable bonds is 7. The van der Waals surface area contributed by atoms with Crippen molar-refractivity contribution in [1.82, 2.24) is 4.90 Å². The Morgan fingerprint density at radius 1 is 1.19 bits per heavy atom. The smallest absolute Gasteiger partial charge is 0.274 e. The summed E-state index contributed by atoms with van der Waals surface area (Å²) in [4.78, 5) is 35.2. The third-order valence-corrected chi connectivity index (χ3v) is 3.79. The molecule has 2 rings (SSSR count). The fourth-order valence-electron chi connectivity index (χ4n) is 2.33. The SMILES string of the molecule is COc1ccc([N+](=O)[O-])c(CN(CC(=O)[O-])C(=O)c2ccc(Cl)cc2)c1. The molecule has 0 spiro atoms. The first-order chi connectivity index (χ1) is 12.3. The highest BCUT2D eigenvalue weighted by Crippen LogP contribution is 2.26. The van der Waals surface area contributed by atoms with Gasteiger partial charge < -0.3 is 19.5 Å². The summed E-state index contributed by atoms with van der Waals surface area (Å²) < 4.78 is 5.04. The summed E-state index contributed by atoms with van der Waals surface area (Å²) in [7, 11) is 1.39. The zero-order valence-electron chi connectivity index (χ0n) is 13.7. The van der Waals surface area contributed by atoms with Crippen LogP contribution in [-0.4, -0.2) is 35.4 Å². The third-order valence-electron chi connectivity index (χ3n) is 3.54. The maximum absolute atomic E-state index is 12.6. The fourth-order valence-corrected chi connectivity index (χ4v) is 2.46. The zero-order chi connectivity index (χ0) is 19.3. The molecular weight excluding hydrogens is 364 g/mol. The summed E-state index contributed by atoms with van der Waals surface area (Å²) in [5.41, 5.74) is 0.0807. The molecule has 0 aromatic heterocycles. The van der Waals surface area contributed by atoms with E-state index in [0.717, 1.165) is 4.90 Å². The van der Waals surface area contributed by atoms with Crippen molar-refractivity contribution >= 4 is 29.2 Å². The van der Waals surface area contributed by atoms with Gasteiger partial charge in [-0.1, -0.05) is 11.6 Å². The fraction of sp³-hybridized carbons (Fsp3) is 0.176. The molecule has 26 heavy (non-hydrogen) atoms. The monoisotopic (exact) mass is 377 g/mol. The normalized spacial score (nSPS) is 10.2. The topological polar surface area (TPSA) is 113 Å². The summed E-state index contributed by atoms with van der Waals surface area (Å²) in [6.45, 7) is -1.03. The van der Waals surface area contributed by atoms with Gasteiger partial charge in [0.1, 0.15) is 5.75 Å². The van der Waals surface area contributed by atoms with Gasteiger partial charge in [-0.2, -0.15) is 0 Å². The van der Waals surface area contributed by atoms with Crippen LogP contribution in [0.5, 0.6) is 5.75 Å². The van der Waals surface area contributed by atoms with Gasteiger partial charge in [0, 0.05) is 16.7 Å². The molecule has 9 heteroatoms. The van der Waals surface area contributed by atoms with Crippen molar-refractivity contribution < 1.29 is 24.4 Å². The third kappa shape index (κ3) is 4.70. The lowest BCUT2D eigenvalue weighted by molar-refractivity contribution is -0.385. The minimum absolute atomic E-state index is 0.137. The Morgan fingerprint density at radius 2 is 1.85 bits per heavy atom. The number of benzene rings is 2. The first-order valence-electron chi connectivity index (χ1n) is 7.38. The maximum atomic E-state index is 12.6. The maximum Gasteiger partial charge on any atom is 0.274 e. The van der Waals surface area contributed by atoms with Gasteiger partial charge in [-0.15, -0.1) is 0 Å². The molecule has 0 N–H and O–H groups in total. The van der Waals surface area contributed by atoms with E-state index in [2.05, 4.69) is 0 Å². The molecule has 0 aliphatic carbocycles. The predicted molar refractivity (Wildman–Crippen MR) is 90.8 cm³/mol. The summed E-state index contributed by atoms with van der Waals surface area (Å²) in [6.07, 6.45) is 0. The number of ether oxygens (including phenoxy) is 1. The quantitative estimate of drug-likeness (QED) is 0.535. The Kier molecular flexibility index (Phi) is 6.13. The molecule has 136 valence electrons. The first kappa shape index (κ1) is 19.2. The molecule has 0 bridgehead atoms. The van der Waals surface area contributed by atoms with Crippen LogP contribution in [0.2, 0.25) is 5.02 Å². The highest BCUT2D eigenvalue weighted by Gasteiger charge is 2.22. The van der Waals surface area contributed by atoms with E-state index in [0.29, 0.717) is 10.8 Å². The second-order valence-electron chi connectivity index (χ2n) is 5.29. The van der Waals surface area contributed by atoms with Gasteiger partial charge in [0.05, 0.1) is 36.7 Å². The number of carboxylic acids is 1. The lowest BCUT2D eigenvalue weighted by Gasteiger charge is -2.23. The molecule has 0 heterocycles. The van der Waals surface area contributed by atoms with Crippen molar-refractivity contribution in [2.75, 3.05) is 13.7 Å². The number of carboxylic acid groups (broad SMARTS) is 1. The van der Waals surface area contributed by atoms with Crippen molar-refractivity contribution in [2.45, 2.75) is 6.54 Å². The van der Waals surface area contributed by atoms with Gasteiger partial charge in [0.25, 0.3) is 11.6 Å². The number of hydrogen-bond donors (Lipinski definition) is 0. The van der Waals surface area contributed by atoms with Crippen LogP contribution < -0.4 is 9.84 Å². The number of carbonyl (C=O) groups is 2. The van der Waals surface area contributed by atoms with Gasteiger partial charge in [0.15, 0.2) is 0 Å². The zero-order valence-corrected chi connectivity index (χ0v) is 14.4. The number of amides is 1.